The molecule has 1 atom stereocenters. The molecule has 1 aromatic heterocycles. The molecule has 0 saturated carbocycles. The van der Waals surface area contributed by atoms with E-state index >= 15 is 0 Å². The number of piperazine rings is 1. The van der Waals surface area contributed by atoms with Crippen molar-refractivity contribution in [1.82, 2.24) is 20.2 Å². The van der Waals surface area contributed by atoms with Crippen LogP contribution >= 0.6 is 0 Å². The van der Waals surface area contributed by atoms with Crippen LogP contribution in [0.3, 0.4) is 0 Å². The Hall–Kier alpha value is -3.48. The molecule has 1 saturated heterocycles. The molecule has 7 nitrogen and oxygen atoms in total. The topological polar surface area (TPSA) is 78.4 Å². The summed E-state index contributed by atoms with van der Waals surface area (Å²) in [6, 6.07) is 13.5. The molecule has 0 aliphatic carbocycles. The van der Waals surface area contributed by atoms with Crippen LogP contribution < -0.4 is 10.2 Å². The fraction of sp³-hybridized carbons (Fsp3) is 0.360. The van der Waals surface area contributed by atoms with Crippen molar-refractivity contribution in [1.29, 1.82) is 0 Å². The van der Waals surface area contributed by atoms with Crippen molar-refractivity contribution in [3.8, 4) is 0 Å². The van der Waals surface area contributed by atoms with Crippen LogP contribution in [0.1, 0.15) is 19.4 Å². The van der Waals surface area contributed by atoms with Crippen LogP contribution in [-0.2, 0) is 16.0 Å². The van der Waals surface area contributed by atoms with Crippen molar-refractivity contribution in [2.45, 2.75) is 26.3 Å². The number of hydrogen-bond donors (Lipinski definition) is 1. The van der Waals surface area contributed by atoms with E-state index in [-0.39, 0.29) is 24.2 Å². The second-order valence-corrected chi connectivity index (χ2v) is 8.48. The molecule has 166 valence electrons. The zero-order valence-electron chi connectivity index (χ0n) is 18.6. The van der Waals surface area contributed by atoms with Gasteiger partial charge in [0.05, 0.1) is 12.6 Å². The van der Waals surface area contributed by atoms with E-state index in [2.05, 4.69) is 20.2 Å². The summed E-state index contributed by atoms with van der Waals surface area (Å²) in [6.07, 6.45) is 5.31. The molecular formula is C25H29N5O2. The van der Waals surface area contributed by atoms with Crippen LogP contribution in [0.2, 0.25) is 0 Å². The lowest BCUT2D eigenvalue weighted by molar-refractivity contribution is -0.137. The fourth-order valence-electron chi connectivity index (χ4n) is 4.16. The van der Waals surface area contributed by atoms with Gasteiger partial charge in [-0.3, -0.25) is 14.6 Å². The largest absolute Gasteiger partial charge is 0.352 e. The highest BCUT2D eigenvalue weighted by molar-refractivity contribution is 5.92. The third-order valence-electron chi connectivity index (χ3n) is 5.95. The number of aromatic nitrogens is 2. The number of rotatable bonds is 6. The van der Waals surface area contributed by atoms with E-state index in [0.29, 0.717) is 26.2 Å². The molecular weight excluding hydrogens is 402 g/mol. The highest BCUT2D eigenvalue weighted by atomic mass is 16.2. The number of amides is 2. The Morgan fingerprint density at radius 3 is 2.47 bits per heavy atom. The van der Waals surface area contributed by atoms with E-state index in [1.165, 1.54) is 0 Å². The molecule has 7 heteroatoms. The van der Waals surface area contributed by atoms with Crippen molar-refractivity contribution in [3.63, 3.8) is 0 Å². The number of benzene rings is 2. The Morgan fingerprint density at radius 1 is 1.00 bits per heavy atom. The molecule has 1 unspecified atom stereocenters. The van der Waals surface area contributed by atoms with Gasteiger partial charge in [0.15, 0.2) is 0 Å². The van der Waals surface area contributed by atoms with Gasteiger partial charge in [0.2, 0.25) is 11.8 Å². The first kappa shape index (κ1) is 21.7. The maximum absolute atomic E-state index is 13.2. The SMILES string of the molecule is CC(C)C(NC(=O)Cc1cccc2ccccc12)C(=O)N1CCN(c2cnccn2)CC1. The predicted molar refractivity (Wildman–Crippen MR) is 125 cm³/mol. The lowest BCUT2D eigenvalue weighted by atomic mass is 9.99. The van der Waals surface area contributed by atoms with Gasteiger partial charge in [-0.2, -0.15) is 0 Å². The summed E-state index contributed by atoms with van der Waals surface area (Å²) in [6.45, 7) is 6.52. The Kier molecular flexibility index (Phi) is 6.63. The third kappa shape index (κ3) is 4.88. The van der Waals surface area contributed by atoms with Gasteiger partial charge in [-0.25, -0.2) is 4.98 Å². The zero-order valence-corrected chi connectivity index (χ0v) is 18.6. The quantitative estimate of drug-likeness (QED) is 0.649. The lowest BCUT2D eigenvalue weighted by Crippen LogP contribution is -2.56. The van der Waals surface area contributed by atoms with E-state index in [1.54, 1.807) is 18.6 Å². The van der Waals surface area contributed by atoms with Crippen LogP contribution in [0.5, 0.6) is 0 Å². The molecule has 0 spiro atoms. The normalized spacial score (nSPS) is 15.1. The molecule has 2 amide bonds. The number of nitrogens with one attached hydrogen (secondary N) is 1. The second kappa shape index (κ2) is 9.77. The minimum atomic E-state index is -0.541. The summed E-state index contributed by atoms with van der Waals surface area (Å²) in [7, 11) is 0. The Balaban J connectivity index is 1.39. The summed E-state index contributed by atoms with van der Waals surface area (Å²) in [4.78, 5) is 38.6. The van der Waals surface area contributed by atoms with Crippen molar-refractivity contribution in [2.75, 3.05) is 31.1 Å². The van der Waals surface area contributed by atoms with Crippen LogP contribution in [0, 0.1) is 5.92 Å². The number of carbonyl (C=O) groups excluding carboxylic acids is 2. The molecule has 32 heavy (non-hydrogen) atoms. The minimum absolute atomic E-state index is 0.00279. The molecule has 1 aliphatic rings. The summed E-state index contributed by atoms with van der Waals surface area (Å²) in [5.41, 5.74) is 0.966. The van der Waals surface area contributed by atoms with E-state index in [4.69, 9.17) is 0 Å². The smallest absolute Gasteiger partial charge is 0.245 e. The number of fused-ring (bicyclic) bond motifs is 1. The van der Waals surface area contributed by atoms with Crippen LogP contribution in [-0.4, -0.2) is 58.9 Å². The van der Waals surface area contributed by atoms with Crippen molar-refractivity contribution >= 4 is 28.4 Å². The molecule has 2 heterocycles. The molecule has 2 aromatic carbocycles. The summed E-state index contributed by atoms with van der Waals surface area (Å²) >= 11 is 0. The van der Waals surface area contributed by atoms with Gasteiger partial charge in [0.1, 0.15) is 11.9 Å². The van der Waals surface area contributed by atoms with Crippen molar-refractivity contribution in [3.05, 3.63) is 66.6 Å². The number of anilines is 1. The second-order valence-electron chi connectivity index (χ2n) is 8.48. The first-order chi connectivity index (χ1) is 15.5. The monoisotopic (exact) mass is 431 g/mol. The molecule has 0 radical (unpaired) electrons. The first-order valence-corrected chi connectivity index (χ1v) is 11.1. The van der Waals surface area contributed by atoms with Gasteiger partial charge in [0.25, 0.3) is 0 Å². The lowest BCUT2D eigenvalue weighted by Gasteiger charge is -2.37. The average Bonchev–Trinajstić information content (AvgIpc) is 2.83. The van der Waals surface area contributed by atoms with Crippen molar-refractivity contribution < 1.29 is 9.59 Å². The third-order valence-corrected chi connectivity index (χ3v) is 5.95. The minimum Gasteiger partial charge on any atom is -0.352 e. The van der Waals surface area contributed by atoms with Crippen LogP contribution in [0.4, 0.5) is 5.82 Å². The van der Waals surface area contributed by atoms with Gasteiger partial charge in [0, 0.05) is 38.6 Å². The average molecular weight is 432 g/mol. The Morgan fingerprint density at radius 2 is 1.75 bits per heavy atom. The van der Waals surface area contributed by atoms with Gasteiger partial charge in [-0.15, -0.1) is 0 Å². The summed E-state index contributed by atoms with van der Waals surface area (Å²) in [5, 5.41) is 5.18. The van der Waals surface area contributed by atoms with Gasteiger partial charge in [-0.05, 0) is 22.3 Å². The highest BCUT2D eigenvalue weighted by Crippen LogP contribution is 2.19. The summed E-state index contributed by atoms with van der Waals surface area (Å²) in [5.74, 6) is 0.664. The first-order valence-electron chi connectivity index (χ1n) is 11.1. The predicted octanol–water partition coefficient (Wildman–Crippen LogP) is 2.66. The van der Waals surface area contributed by atoms with E-state index in [0.717, 1.165) is 22.2 Å². The van der Waals surface area contributed by atoms with E-state index < -0.39 is 6.04 Å². The highest BCUT2D eigenvalue weighted by Gasteiger charge is 2.31. The van der Waals surface area contributed by atoms with Crippen LogP contribution in [0.15, 0.2) is 61.1 Å². The maximum atomic E-state index is 13.2. The van der Waals surface area contributed by atoms with Gasteiger partial charge < -0.3 is 15.1 Å². The molecule has 1 aliphatic heterocycles. The number of nitrogens with zero attached hydrogens (tertiary/aromatic N) is 4. The number of hydrogen-bond acceptors (Lipinski definition) is 5. The molecule has 3 aromatic rings. The molecule has 1 fully saturated rings. The van der Waals surface area contributed by atoms with Gasteiger partial charge in [-0.1, -0.05) is 56.3 Å². The van der Waals surface area contributed by atoms with Gasteiger partial charge >= 0.3 is 0 Å². The van der Waals surface area contributed by atoms with Crippen molar-refractivity contribution in [2.24, 2.45) is 5.92 Å². The van der Waals surface area contributed by atoms with Crippen LogP contribution in [0.25, 0.3) is 10.8 Å². The summed E-state index contributed by atoms with van der Waals surface area (Å²) < 4.78 is 0. The maximum Gasteiger partial charge on any atom is 0.245 e. The van der Waals surface area contributed by atoms with E-state index in [1.807, 2.05) is 61.2 Å². The number of carbonyl (C=O) groups is 2. The van der Waals surface area contributed by atoms with E-state index in [9.17, 15) is 9.59 Å². The standard InChI is InChI=1S/C25H29N5O2/c1-18(2)24(25(32)30-14-12-29(13-15-30)22-17-26-10-11-27-22)28-23(31)16-20-8-5-7-19-6-3-4-9-21(19)20/h3-11,17-18,24H,12-16H2,1-2H3,(H,28,31). The Bertz CT molecular complexity index is 1070. The molecule has 0 bridgehead atoms. The molecule has 4 rings (SSSR count). The zero-order chi connectivity index (χ0) is 22.5. The Labute approximate surface area is 188 Å². The fourth-order valence-corrected chi connectivity index (χ4v) is 4.16. The molecule has 1 N–H and O–H groups in total.